The minimum atomic E-state index is -1.11. The van der Waals surface area contributed by atoms with Crippen molar-refractivity contribution in [2.75, 3.05) is 12.4 Å². The second-order valence-corrected chi connectivity index (χ2v) is 7.24. The van der Waals surface area contributed by atoms with Crippen molar-refractivity contribution >= 4 is 39.6 Å². The van der Waals surface area contributed by atoms with Crippen LogP contribution in [0.15, 0.2) is 46.4 Å². The molecule has 0 spiro atoms. The summed E-state index contributed by atoms with van der Waals surface area (Å²) in [6, 6.07) is 11.0. The van der Waals surface area contributed by atoms with Crippen LogP contribution in [0, 0.1) is 11.3 Å². The van der Waals surface area contributed by atoms with Crippen LogP contribution in [0.2, 0.25) is 0 Å². The smallest absolute Gasteiger partial charge is 0.335 e. The van der Waals surface area contributed by atoms with E-state index < -0.39 is 11.9 Å². The summed E-state index contributed by atoms with van der Waals surface area (Å²) in [5.41, 5.74) is 0.708. The number of hydrogen-bond donors (Lipinski definition) is 2. The Kier molecular flexibility index (Phi) is 8.01. The van der Waals surface area contributed by atoms with E-state index in [9.17, 15) is 14.9 Å². The van der Waals surface area contributed by atoms with E-state index in [0.717, 1.165) is 6.42 Å². The number of aromatic carboxylic acids is 1. The third-order valence-corrected chi connectivity index (χ3v) is 4.78. The highest BCUT2D eigenvalue weighted by Gasteiger charge is 2.16. The van der Waals surface area contributed by atoms with Gasteiger partial charge in [-0.2, -0.15) is 5.26 Å². The minimum absolute atomic E-state index is 0.0152. The molecule has 2 rings (SSSR count). The van der Waals surface area contributed by atoms with Gasteiger partial charge in [-0.25, -0.2) is 4.79 Å². The first-order valence-corrected chi connectivity index (χ1v) is 9.89. The number of amides is 1. The molecule has 30 heavy (non-hydrogen) atoms. The highest BCUT2D eigenvalue weighted by Crippen LogP contribution is 2.38. The fraction of sp³-hybridized carbons (Fsp3) is 0.227. The Hall–Kier alpha value is -3.31. The first-order chi connectivity index (χ1) is 14.3. The molecule has 0 heterocycles. The Morgan fingerprint density at radius 2 is 2.07 bits per heavy atom. The van der Waals surface area contributed by atoms with Crippen LogP contribution in [0.4, 0.5) is 5.69 Å². The minimum Gasteiger partial charge on any atom is -0.493 e. The number of halogens is 1. The van der Waals surface area contributed by atoms with Crippen molar-refractivity contribution in [1.29, 1.82) is 5.26 Å². The molecule has 0 aromatic heterocycles. The third-order valence-electron chi connectivity index (χ3n) is 4.19. The largest absolute Gasteiger partial charge is 0.493 e. The summed E-state index contributed by atoms with van der Waals surface area (Å²) < 4.78 is 11.9. The van der Waals surface area contributed by atoms with E-state index in [2.05, 4.69) is 21.2 Å². The lowest BCUT2D eigenvalue weighted by Gasteiger charge is -2.17. The van der Waals surface area contributed by atoms with Crippen molar-refractivity contribution in [3.8, 4) is 17.6 Å². The number of carbonyl (C=O) groups is 2. The van der Waals surface area contributed by atoms with Crippen LogP contribution in [-0.2, 0) is 4.79 Å². The van der Waals surface area contributed by atoms with E-state index in [0.29, 0.717) is 21.5 Å². The van der Waals surface area contributed by atoms with E-state index in [1.807, 2.05) is 19.9 Å². The molecule has 0 bridgehead atoms. The SMILES string of the molecule is CC[C@@H](C)Oc1c(Br)cc(/C=C(/C#N)C(=O)Nc2cccc(C(=O)O)c2)cc1OC. The molecule has 0 radical (unpaired) electrons. The number of anilines is 1. The molecule has 1 amide bonds. The predicted octanol–water partition coefficient (Wildman–Crippen LogP) is 4.88. The molecular formula is C22H21BrN2O5. The highest BCUT2D eigenvalue weighted by atomic mass is 79.9. The van der Waals surface area contributed by atoms with Crippen molar-refractivity contribution < 1.29 is 24.2 Å². The van der Waals surface area contributed by atoms with Gasteiger partial charge in [-0.1, -0.05) is 13.0 Å². The van der Waals surface area contributed by atoms with E-state index in [-0.39, 0.29) is 22.9 Å². The van der Waals surface area contributed by atoms with Crippen molar-refractivity contribution in [3.63, 3.8) is 0 Å². The number of benzene rings is 2. The maximum atomic E-state index is 12.5. The second kappa shape index (κ2) is 10.5. The molecule has 2 N–H and O–H groups in total. The van der Waals surface area contributed by atoms with Gasteiger partial charge in [-0.3, -0.25) is 4.79 Å². The van der Waals surface area contributed by atoms with Gasteiger partial charge >= 0.3 is 5.97 Å². The number of rotatable bonds is 8. The Balaban J connectivity index is 2.32. The van der Waals surface area contributed by atoms with Gasteiger partial charge in [0.2, 0.25) is 0 Å². The maximum absolute atomic E-state index is 12.5. The normalized spacial score (nSPS) is 11.9. The quantitative estimate of drug-likeness (QED) is 0.418. The third kappa shape index (κ3) is 5.84. The summed E-state index contributed by atoms with van der Waals surface area (Å²) in [7, 11) is 1.51. The Morgan fingerprint density at radius 1 is 1.33 bits per heavy atom. The van der Waals surface area contributed by atoms with Crippen LogP contribution in [0.1, 0.15) is 36.2 Å². The molecule has 8 heteroatoms. The van der Waals surface area contributed by atoms with Crippen molar-refractivity contribution in [2.24, 2.45) is 0 Å². The lowest BCUT2D eigenvalue weighted by molar-refractivity contribution is -0.112. The van der Waals surface area contributed by atoms with Gasteiger partial charge in [0.05, 0.1) is 23.2 Å². The summed E-state index contributed by atoms with van der Waals surface area (Å²) in [6.45, 7) is 3.95. The van der Waals surface area contributed by atoms with Crippen LogP contribution in [0.3, 0.4) is 0 Å². The molecule has 0 unspecified atom stereocenters. The maximum Gasteiger partial charge on any atom is 0.335 e. The topological polar surface area (TPSA) is 109 Å². The fourth-order valence-corrected chi connectivity index (χ4v) is 3.02. The molecule has 7 nitrogen and oxygen atoms in total. The number of ether oxygens (including phenoxy) is 2. The average Bonchev–Trinajstić information content (AvgIpc) is 2.73. The van der Waals surface area contributed by atoms with Gasteiger partial charge in [0.15, 0.2) is 11.5 Å². The van der Waals surface area contributed by atoms with E-state index in [1.54, 1.807) is 18.2 Å². The second-order valence-electron chi connectivity index (χ2n) is 6.38. The van der Waals surface area contributed by atoms with E-state index in [1.165, 1.54) is 31.4 Å². The molecule has 2 aromatic carbocycles. The van der Waals surface area contributed by atoms with Gasteiger partial charge in [-0.15, -0.1) is 0 Å². The van der Waals surface area contributed by atoms with Gasteiger partial charge in [-0.05, 0) is 71.2 Å². The number of nitriles is 1. The molecule has 0 saturated heterocycles. The first kappa shape index (κ1) is 23.0. The zero-order valence-electron chi connectivity index (χ0n) is 16.7. The molecule has 0 aliphatic heterocycles. The number of carbonyl (C=O) groups excluding carboxylic acids is 1. The number of methoxy groups -OCH3 is 1. The Labute approximate surface area is 183 Å². The van der Waals surface area contributed by atoms with Crippen molar-refractivity contribution in [1.82, 2.24) is 0 Å². The van der Waals surface area contributed by atoms with Crippen LogP contribution in [-0.4, -0.2) is 30.2 Å². The van der Waals surface area contributed by atoms with Crippen LogP contribution >= 0.6 is 15.9 Å². The Bertz CT molecular complexity index is 1030. The zero-order valence-corrected chi connectivity index (χ0v) is 18.3. The molecule has 0 saturated carbocycles. The monoisotopic (exact) mass is 472 g/mol. The molecule has 0 aliphatic carbocycles. The molecule has 156 valence electrons. The summed E-state index contributed by atoms with van der Waals surface area (Å²) in [4.78, 5) is 23.6. The number of nitrogens with one attached hydrogen (secondary N) is 1. The zero-order chi connectivity index (χ0) is 22.3. The highest BCUT2D eigenvalue weighted by molar-refractivity contribution is 9.10. The summed E-state index contributed by atoms with van der Waals surface area (Å²) in [5.74, 6) is -0.769. The summed E-state index contributed by atoms with van der Waals surface area (Å²) >= 11 is 3.45. The lowest BCUT2D eigenvalue weighted by atomic mass is 10.1. The van der Waals surface area contributed by atoms with Crippen LogP contribution in [0.25, 0.3) is 6.08 Å². The number of carboxylic acid groups (broad SMARTS) is 1. The molecule has 0 aliphatic rings. The fourth-order valence-electron chi connectivity index (χ4n) is 2.47. The number of nitrogens with zero attached hydrogens (tertiary/aromatic N) is 1. The van der Waals surface area contributed by atoms with Crippen molar-refractivity contribution in [2.45, 2.75) is 26.4 Å². The van der Waals surface area contributed by atoms with Gasteiger partial charge in [0.1, 0.15) is 11.6 Å². The lowest BCUT2D eigenvalue weighted by Crippen LogP contribution is -2.14. The summed E-state index contributed by atoms with van der Waals surface area (Å²) in [6.07, 6.45) is 2.22. The van der Waals surface area contributed by atoms with E-state index >= 15 is 0 Å². The first-order valence-electron chi connectivity index (χ1n) is 9.09. The standard InChI is InChI=1S/C22H21BrN2O5/c1-4-13(2)30-20-18(23)9-14(10-19(20)29-3)8-16(12-24)21(26)25-17-7-5-6-15(11-17)22(27)28/h5-11,13H,4H2,1-3H3,(H,25,26)(H,27,28)/b16-8-/t13-/m1/s1. The number of hydrogen-bond acceptors (Lipinski definition) is 5. The Morgan fingerprint density at radius 3 is 2.67 bits per heavy atom. The molecule has 2 aromatic rings. The average molecular weight is 473 g/mol. The van der Waals surface area contributed by atoms with E-state index in [4.69, 9.17) is 14.6 Å². The number of carboxylic acids is 1. The van der Waals surface area contributed by atoms with Gasteiger partial charge in [0.25, 0.3) is 5.91 Å². The predicted molar refractivity (Wildman–Crippen MR) is 117 cm³/mol. The van der Waals surface area contributed by atoms with Crippen LogP contribution < -0.4 is 14.8 Å². The summed E-state index contributed by atoms with van der Waals surface area (Å²) in [5, 5.41) is 21.0. The van der Waals surface area contributed by atoms with Gasteiger partial charge in [0, 0.05) is 5.69 Å². The van der Waals surface area contributed by atoms with Crippen molar-refractivity contribution in [3.05, 3.63) is 57.6 Å². The molecular weight excluding hydrogens is 452 g/mol. The van der Waals surface area contributed by atoms with Gasteiger partial charge < -0.3 is 19.9 Å². The molecule has 0 fully saturated rings. The molecule has 1 atom stereocenters. The van der Waals surface area contributed by atoms with Crippen LogP contribution in [0.5, 0.6) is 11.5 Å².